The largest absolute Gasteiger partial charge is 0.364 e. The molecule has 0 radical (unpaired) electrons. The summed E-state index contributed by atoms with van der Waals surface area (Å²) in [4.78, 5) is 2.60. The Balaban J connectivity index is 0.000000963. The molecule has 16 heavy (non-hydrogen) atoms. The first kappa shape index (κ1) is 11.9. The van der Waals surface area contributed by atoms with Crippen LogP contribution in [0, 0.1) is 0 Å². The average molecular weight is 244 g/mol. The Labute approximate surface area is 102 Å². The molecule has 1 saturated heterocycles. The lowest BCUT2D eigenvalue weighted by Gasteiger charge is -2.27. The number of hydrogen-bond donors (Lipinski definition) is 1. The van der Waals surface area contributed by atoms with Gasteiger partial charge in [0.25, 0.3) is 0 Å². The van der Waals surface area contributed by atoms with Gasteiger partial charge in [0, 0.05) is 31.2 Å². The van der Waals surface area contributed by atoms with E-state index in [1.54, 1.807) is 6.26 Å². The van der Waals surface area contributed by atoms with E-state index in [9.17, 15) is 0 Å². The molecule has 2 heterocycles. The Morgan fingerprint density at radius 3 is 2.81 bits per heavy atom. The molecule has 0 amide bonds. The van der Waals surface area contributed by atoms with Gasteiger partial charge in [-0.3, -0.25) is 4.90 Å². The van der Waals surface area contributed by atoms with Gasteiger partial charge in [-0.25, -0.2) is 0 Å². The summed E-state index contributed by atoms with van der Waals surface area (Å²) in [5.74, 6) is 0. The maximum atomic E-state index is 4.89. The maximum absolute atomic E-state index is 4.89. The van der Waals surface area contributed by atoms with Crippen molar-refractivity contribution in [2.45, 2.75) is 37.9 Å². The van der Waals surface area contributed by atoms with E-state index in [0.717, 1.165) is 31.4 Å². The van der Waals surface area contributed by atoms with Gasteiger partial charge < -0.3 is 9.84 Å². The molecule has 1 N–H and O–H groups in total. The molecule has 2 fully saturated rings. The fraction of sp³-hybridized carbons (Fsp3) is 0.727. The Morgan fingerprint density at radius 2 is 2.25 bits per heavy atom. The van der Waals surface area contributed by atoms with Gasteiger partial charge in [-0.15, -0.1) is 12.4 Å². The topological polar surface area (TPSA) is 41.3 Å². The van der Waals surface area contributed by atoms with E-state index in [1.165, 1.54) is 19.3 Å². The zero-order chi connectivity index (χ0) is 10.1. The third-order valence-corrected chi connectivity index (χ3v) is 3.36. The van der Waals surface area contributed by atoms with E-state index in [2.05, 4.69) is 15.4 Å². The number of hydrogen-bond acceptors (Lipinski definition) is 4. The van der Waals surface area contributed by atoms with E-state index >= 15 is 0 Å². The highest BCUT2D eigenvalue weighted by molar-refractivity contribution is 5.85. The first-order chi connectivity index (χ1) is 7.43. The molecule has 0 aromatic carbocycles. The minimum absolute atomic E-state index is 0. The van der Waals surface area contributed by atoms with Crippen molar-refractivity contribution >= 4 is 12.4 Å². The van der Waals surface area contributed by atoms with Crippen molar-refractivity contribution < 1.29 is 4.52 Å². The van der Waals surface area contributed by atoms with Gasteiger partial charge in [0.2, 0.25) is 0 Å². The van der Waals surface area contributed by atoms with Crippen LogP contribution in [0.4, 0.5) is 0 Å². The molecule has 0 bridgehead atoms. The molecule has 1 aliphatic heterocycles. The summed E-state index contributed by atoms with van der Waals surface area (Å²) < 4.78 is 4.89. The minimum Gasteiger partial charge on any atom is -0.364 e. The molecule has 1 aromatic rings. The highest BCUT2D eigenvalue weighted by Crippen LogP contribution is 2.31. The molecule has 3 rings (SSSR count). The second-order valence-corrected chi connectivity index (χ2v) is 4.54. The van der Waals surface area contributed by atoms with Crippen molar-refractivity contribution in [2.24, 2.45) is 0 Å². The van der Waals surface area contributed by atoms with Crippen LogP contribution < -0.4 is 5.32 Å². The normalized spacial score (nSPS) is 24.7. The van der Waals surface area contributed by atoms with Crippen molar-refractivity contribution in [1.82, 2.24) is 15.4 Å². The monoisotopic (exact) mass is 243 g/mol. The summed E-state index contributed by atoms with van der Waals surface area (Å²) >= 11 is 0. The molecule has 5 heteroatoms. The zero-order valence-electron chi connectivity index (χ0n) is 9.26. The molecule has 1 saturated carbocycles. The number of halogens is 1. The molecule has 1 atom stereocenters. The molecule has 0 spiro atoms. The van der Waals surface area contributed by atoms with Crippen molar-refractivity contribution in [1.29, 1.82) is 0 Å². The van der Waals surface area contributed by atoms with Crippen molar-refractivity contribution in [3.63, 3.8) is 0 Å². The molecule has 1 unspecified atom stereocenters. The van der Waals surface area contributed by atoms with E-state index in [4.69, 9.17) is 4.52 Å². The van der Waals surface area contributed by atoms with E-state index in [1.807, 2.05) is 6.07 Å². The Morgan fingerprint density at radius 1 is 1.38 bits per heavy atom. The quantitative estimate of drug-likeness (QED) is 0.869. The van der Waals surface area contributed by atoms with E-state index < -0.39 is 0 Å². The Kier molecular flexibility index (Phi) is 3.84. The summed E-state index contributed by atoms with van der Waals surface area (Å²) in [7, 11) is 0. The smallest absolute Gasteiger partial charge is 0.124 e. The summed E-state index contributed by atoms with van der Waals surface area (Å²) in [6.45, 7) is 3.24. The molecule has 4 nitrogen and oxygen atoms in total. The third kappa shape index (κ3) is 2.56. The van der Waals surface area contributed by atoms with Crippen molar-refractivity contribution in [2.75, 3.05) is 13.1 Å². The number of nitrogens with one attached hydrogen (secondary N) is 1. The van der Waals surface area contributed by atoms with Crippen LogP contribution >= 0.6 is 12.4 Å². The fourth-order valence-corrected chi connectivity index (χ4v) is 2.39. The minimum atomic E-state index is 0. The zero-order valence-corrected chi connectivity index (χ0v) is 10.1. The van der Waals surface area contributed by atoms with Gasteiger partial charge in [0.1, 0.15) is 6.26 Å². The Hall–Kier alpha value is -0.580. The molecule has 1 aromatic heterocycles. The molecule has 90 valence electrons. The third-order valence-electron chi connectivity index (χ3n) is 3.36. The van der Waals surface area contributed by atoms with Crippen LogP contribution in [0.15, 0.2) is 16.9 Å². The molecule has 1 aliphatic carbocycles. The van der Waals surface area contributed by atoms with Gasteiger partial charge in [0.05, 0.1) is 5.69 Å². The summed E-state index contributed by atoms with van der Waals surface area (Å²) in [5, 5.41) is 7.43. The lowest BCUT2D eigenvalue weighted by atomic mass is 10.2. The molecular formula is C11H18ClN3O. The van der Waals surface area contributed by atoms with Gasteiger partial charge in [-0.1, -0.05) is 5.16 Å². The van der Waals surface area contributed by atoms with E-state index in [-0.39, 0.29) is 12.4 Å². The summed E-state index contributed by atoms with van der Waals surface area (Å²) in [6.07, 6.45) is 5.64. The molecule has 2 aliphatic rings. The fourth-order valence-electron chi connectivity index (χ4n) is 2.39. The van der Waals surface area contributed by atoms with Gasteiger partial charge in [0.15, 0.2) is 0 Å². The van der Waals surface area contributed by atoms with Crippen LogP contribution in [0.3, 0.4) is 0 Å². The summed E-state index contributed by atoms with van der Waals surface area (Å²) in [6, 6.07) is 3.47. The summed E-state index contributed by atoms with van der Waals surface area (Å²) in [5.41, 5.74) is 1.06. The van der Waals surface area contributed by atoms with Crippen LogP contribution in [-0.4, -0.2) is 35.2 Å². The standard InChI is InChI=1S/C11H17N3O.ClH/c1-2-10(1)14(11-3-5-12-7-11)8-9-4-6-15-13-9;/h4,6,10-12H,1-3,5,7-8H2;1H. The SMILES string of the molecule is Cl.c1cc(CN(C2CC2)C2CCNC2)no1. The van der Waals surface area contributed by atoms with Gasteiger partial charge >= 0.3 is 0 Å². The lowest BCUT2D eigenvalue weighted by Crippen LogP contribution is -2.38. The number of nitrogens with zero attached hydrogens (tertiary/aromatic N) is 2. The highest BCUT2D eigenvalue weighted by atomic mass is 35.5. The second-order valence-electron chi connectivity index (χ2n) is 4.54. The van der Waals surface area contributed by atoms with Crippen LogP contribution in [0.1, 0.15) is 25.0 Å². The first-order valence-electron chi connectivity index (χ1n) is 5.79. The van der Waals surface area contributed by atoms with Crippen LogP contribution in [0.2, 0.25) is 0 Å². The number of aromatic nitrogens is 1. The lowest BCUT2D eigenvalue weighted by molar-refractivity contribution is 0.183. The Bertz CT molecular complexity index is 307. The second kappa shape index (κ2) is 5.17. The van der Waals surface area contributed by atoms with Crippen molar-refractivity contribution in [3.05, 3.63) is 18.0 Å². The maximum Gasteiger partial charge on any atom is 0.124 e. The van der Waals surface area contributed by atoms with Crippen LogP contribution in [-0.2, 0) is 6.54 Å². The predicted molar refractivity (Wildman–Crippen MR) is 63.6 cm³/mol. The van der Waals surface area contributed by atoms with Crippen molar-refractivity contribution in [3.8, 4) is 0 Å². The van der Waals surface area contributed by atoms with E-state index in [0.29, 0.717) is 6.04 Å². The van der Waals surface area contributed by atoms with Crippen LogP contribution in [0.5, 0.6) is 0 Å². The molecular weight excluding hydrogens is 226 g/mol. The van der Waals surface area contributed by atoms with Gasteiger partial charge in [-0.05, 0) is 25.8 Å². The number of rotatable bonds is 4. The van der Waals surface area contributed by atoms with Gasteiger partial charge in [-0.2, -0.15) is 0 Å². The first-order valence-corrected chi connectivity index (χ1v) is 5.79. The predicted octanol–water partition coefficient (Wildman–Crippen LogP) is 1.42. The highest BCUT2D eigenvalue weighted by Gasteiger charge is 2.35. The van der Waals surface area contributed by atoms with Crippen LogP contribution in [0.25, 0.3) is 0 Å². The average Bonchev–Trinajstić information content (AvgIpc) is 2.78.